The van der Waals surface area contributed by atoms with E-state index in [4.69, 9.17) is 0 Å². The molecule has 16 heavy (non-hydrogen) atoms. The zero-order valence-electron chi connectivity index (χ0n) is 8.56. The van der Waals surface area contributed by atoms with E-state index in [9.17, 15) is 9.59 Å². The minimum Gasteiger partial charge on any atom is -0.266 e. The molecule has 0 radical (unpaired) electrons. The highest BCUT2D eigenvalue weighted by atomic mass is 32.1. The van der Waals surface area contributed by atoms with Gasteiger partial charge in [0.15, 0.2) is 5.82 Å². The van der Waals surface area contributed by atoms with E-state index in [-0.39, 0.29) is 5.91 Å². The maximum atomic E-state index is 11.7. The molecule has 0 saturated carbocycles. The molecule has 2 N–H and O–H groups in total. The highest BCUT2D eigenvalue weighted by Gasteiger charge is 2.11. The zero-order chi connectivity index (χ0) is 11.5. The molecule has 2 heterocycles. The van der Waals surface area contributed by atoms with Gasteiger partial charge in [-0.05, 0) is 11.4 Å². The van der Waals surface area contributed by atoms with Gasteiger partial charge in [0.25, 0.3) is 5.91 Å². The molecular weight excluding hydrogens is 228 g/mol. The number of nitrogens with one attached hydrogen (secondary N) is 2. The summed E-state index contributed by atoms with van der Waals surface area (Å²) in [5, 5.41) is 7.87. The molecular formula is C9H10N4O2S. The van der Waals surface area contributed by atoms with E-state index in [2.05, 4.69) is 15.6 Å². The lowest BCUT2D eigenvalue weighted by Gasteiger charge is -2.04. The number of hydrogen-bond acceptors (Lipinski definition) is 4. The number of carbonyl (C=O) groups excluding carboxylic acids is 1. The first-order chi connectivity index (χ1) is 7.72. The summed E-state index contributed by atoms with van der Waals surface area (Å²) in [6.07, 6.45) is 0.559. The van der Waals surface area contributed by atoms with Gasteiger partial charge in [0.2, 0.25) is 0 Å². The summed E-state index contributed by atoms with van der Waals surface area (Å²) < 4.78 is 1.13. The second-order valence-electron chi connectivity index (χ2n) is 3.05. The number of thiophene rings is 1. The van der Waals surface area contributed by atoms with E-state index < -0.39 is 5.69 Å². The molecule has 0 aliphatic carbocycles. The molecule has 0 spiro atoms. The number of H-pyrrole nitrogens is 1. The van der Waals surface area contributed by atoms with E-state index in [1.807, 2.05) is 6.92 Å². The second-order valence-corrected chi connectivity index (χ2v) is 4.00. The van der Waals surface area contributed by atoms with Crippen LogP contribution in [0.2, 0.25) is 0 Å². The van der Waals surface area contributed by atoms with E-state index in [0.29, 0.717) is 17.1 Å². The molecule has 0 saturated heterocycles. The van der Waals surface area contributed by atoms with Crippen LogP contribution in [-0.4, -0.2) is 20.8 Å². The van der Waals surface area contributed by atoms with Crippen LogP contribution >= 0.6 is 11.3 Å². The number of aromatic nitrogens is 3. The quantitative estimate of drug-likeness (QED) is 0.820. The highest BCUT2D eigenvalue weighted by Crippen LogP contribution is 2.08. The maximum Gasteiger partial charge on any atom is 0.362 e. The van der Waals surface area contributed by atoms with Crippen LogP contribution in [0.1, 0.15) is 22.4 Å². The average molecular weight is 238 g/mol. The number of aromatic amines is 1. The standard InChI is InChI=1S/C9H10N4O2S/c1-2-7-10-11-9(15)13(7)12-8(14)6-4-3-5-16-6/h3-5H,2H2,1H3,(H,11,15)(H,12,14). The van der Waals surface area contributed by atoms with Crippen LogP contribution in [0.15, 0.2) is 22.3 Å². The minimum atomic E-state index is -0.443. The zero-order valence-corrected chi connectivity index (χ0v) is 9.37. The second kappa shape index (κ2) is 4.31. The van der Waals surface area contributed by atoms with Crippen molar-refractivity contribution in [1.29, 1.82) is 0 Å². The average Bonchev–Trinajstić information content (AvgIpc) is 2.89. The normalized spacial score (nSPS) is 10.3. The Hall–Kier alpha value is -1.89. The van der Waals surface area contributed by atoms with Crippen molar-refractivity contribution in [2.24, 2.45) is 0 Å². The third-order valence-electron chi connectivity index (χ3n) is 2.02. The Morgan fingerprint density at radius 3 is 3.12 bits per heavy atom. The summed E-state index contributed by atoms with van der Waals surface area (Å²) >= 11 is 1.31. The molecule has 7 heteroatoms. The lowest BCUT2D eigenvalue weighted by molar-refractivity contribution is 0.101. The van der Waals surface area contributed by atoms with E-state index in [0.717, 1.165) is 4.68 Å². The molecule has 0 atom stereocenters. The van der Waals surface area contributed by atoms with Crippen LogP contribution in [0.4, 0.5) is 0 Å². The van der Waals surface area contributed by atoms with Crippen LogP contribution in [0.5, 0.6) is 0 Å². The fourth-order valence-corrected chi connectivity index (χ4v) is 1.86. The van der Waals surface area contributed by atoms with Gasteiger partial charge in [0.1, 0.15) is 0 Å². The van der Waals surface area contributed by atoms with Crippen molar-refractivity contribution in [1.82, 2.24) is 14.9 Å². The number of aryl methyl sites for hydroxylation is 1. The number of amides is 1. The summed E-state index contributed by atoms with van der Waals surface area (Å²) in [4.78, 5) is 23.6. The monoisotopic (exact) mass is 238 g/mol. The third-order valence-corrected chi connectivity index (χ3v) is 2.88. The van der Waals surface area contributed by atoms with Crippen molar-refractivity contribution in [3.05, 3.63) is 38.7 Å². The lowest BCUT2D eigenvalue weighted by Crippen LogP contribution is -2.32. The molecule has 2 aromatic heterocycles. The van der Waals surface area contributed by atoms with Crippen molar-refractivity contribution in [2.75, 3.05) is 5.43 Å². The highest BCUT2D eigenvalue weighted by molar-refractivity contribution is 7.12. The molecule has 0 aliphatic heterocycles. The fourth-order valence-electron chi connectivity index (χ4n) is 1.25. The van der Waals surface area contributed by atoms with Gasteiger partial charge >= 0.3 is 5.69 Å². The first-order valence-corrected chi connectivity index (χ1v) is 5.61. The van der Waals surface area contributed by atoms with Gasteiger partial charge in [-0.25, -0.2) is 9.89 Å². The van der Waals surface area contributed by atoms with Crippen molar-refractivity contribution in [3.8, 4) is 0 Å². The Kier molecular flexibility index (Phi) is 2.86. The molecule has 84 valence electrons. The van der Waals surface area contributed by atoms with Crippen molar-refractivity contribution in [2.45, 2.75) is 13.3 Å². The topological polar surface area (TPSA) is 79.8 Å². The van der Waals surface area contributed by atoms with Gasteiger partial charge < -0.3 is 0 Å². The molecule has 2 aromatic rings. The molecule has 2 rings (SSSR count). The largest absolute Gasteiger partial charge is 0.362 e. The Balaban J connectivity index is 2.24. The Bertz CT molecular complexity index is 540. The lowest BCUT2D eigenvalue weighted by atomic mass is 10.4. The predicted molar refractivity (Wildman–Crippen MR) is 60.2 cm³/mol. The molecule has 0 unspecified atom stereocenters. The van der Waals surface area contributed by atoms with Crippen LogP contribution in [0.25, 0.3) is 0 Å². The molecule has 1 amide bonds. The number of rotatable bonds is 3. The summed E-state index contributed by atoms with van der Waals surface area (Å²) in [5.74, 6) is 0.183. The summed E-state index contributed by atoms with van der Waals surface area (Å²) in [5.41, 5.74) is 2.05. The maximum absolute atomic E-state index is 11.7. The van der Waals surface area contributed by atoms with Crippen LogP contribution < -0.4 is 11.1 Å². The van der Waals surface area contributed by atoms with E-state index in [1.54, 1.807) is 17.5 Å². The smallest absolute Gasteiger partial charge is 0.266 e. The summed E-state index contributed by atoms with van der Waals surface area (Å²) in [7, 11) is 0. The van der Waals surface area contributed by atoms with E-state index >= 15 is 0 Å². The van der Waals surface area contributed by atoms with Crippen LogP contribution in [0.3, 0.4) is 0 Å². The van der Waals surface area contributed by atoms with Crippen molar-refractivity contribution in [3.63, 3.8) is 0 Å². The van der Waals surface area contributed by atoms with Crippen LogP contribution in [0, 0.1) is 0 Å². The molecule has 6 nitrogen and oxygen atoms in total. The van der Waals surface area contributed by atoms with Gasteiger partial charge in [0.05, 0.1) is 4.88 Å². The summed E-state index contributed by atoms with van der Waals surface area (Å²) in [6.45, 7) is 1.85. The van der Waals surface area contributed by atoms with Gasteiger partial charge in [-0.2, -0.15) is 9.77 Å². The SMILES string of the molecule is CCc1n[nH]c(=O)n1NC(=O)c1cccs1. The Morgan fingerprint density at radius 2 is 2.50 bits per heavy atom. The number of nitrogens with zero attached hydrogens (tertiary/aromatic N) is 2. The first kappa shape index (κ1) is 10.6. The molecule has 0 fully saturated rings. The van der Waals surface area contributed by atoms with Gasteiger partial charge in [-0.1, -0.05) is 13.0 Å². The predicted octanol–water partition coefficient (Wildman–Crippen LogP) is 0.579. The summed E-state index contributed by atoms with van der Waals surface area (Å²) in [6, 6.07) is 3.47. The molecule has 0 bridgehead atoms. The van der Waals surface area contributed by atoms with Gasteiger partial charge in [0, 0.05) is 6.42 Å². The van der Waals surface area contributed by atoms with E-state index in [1.165, 1.54) is 11.3 Å². The Morgan fingerprint density at radius 1 is 1.69 bits per heavy atom. The van der Waals surface area contributed by atoms with Gasteiger partial charge in [-0.15, -0.1) is 11.3 Å². The Labute approximate surface area is 94.9 Å². The third kappa shape index (κ3) is 1.89. The fraction of sp³-hybridized carbons (Fsp3) is 0.222. The molecule has 0 aliphatic rings. The molecule has 0 aromatic carbocycles. The minimum absolute atomic E-state index is 0.312. The van der Waals surface area contributed by atoms with Crippen LogP contribution in [-0.2, 0) is 6.42 Å². The first-order valence-electron chi connectivity index (χ1n) is 4.73. The van der Waals surface area contributed by atoms with Gasteiger partial charge in [-0.3, -0.25) is 10.2 Å². The number of hydrogen-bond donors (Lipinski definition) is 2. The van der Waals surface area contributed by atoms with Crippen molar-refractivity contribution < 1.29 is 4.79 Å². The van der Waals surface area contributed by atoms with Crippen molar-refractivity contribution >= 4 is 17.2 Å². The number of carbonyl (C=O) groups is 1.